The maximum atomic E-state index is 12.6. The second-order valence-corrected chi connectivity index (χ2v) is 3.92. The molecule has 1 aromatic rings. The summed E-state index contributed by atoms with van der Waals surface area (Å²) in [6, 6.07) is 3.54. The van der Waals surface area contributed by atoms with Gasteiger partial charge < -0.3 is 10.4 Å². The highest BCUT2D eigenvalue weighted by molar-refractivity contribution is 9.10. The number of carboxylic acid groups (broad SMARTS) is 1. The Hall–Kier alpha value is -1.50. The van der Waals surface area contributed by atoms with Gasteiger partial charge in [0.1, 0.15) is 0 Å². The van der Waals surface area contributed by atoms with E-state index in [1.165, 1.54) is 12.1 Å². The van der Waals surface area contributed by atoms with Crippen LogP contribution in [-0.4, -0.2) is 11.1 Å². The van der Waals surface area contributed by atoms with Gasteiger partial charge in [-0.1, -0.05) is 15.9 Å². The molecular weight excluding hydrogens is 303 g/mol. The van der Waals surface area contributed by atoms with Crippen molar-refractivity contribution in [1.82, 2.24) is 0 Å². The van der Waals surface area contributed by atoms with Crippen LogP contribution >= 0.6 is 15.9 Å². The minimum atomic E-state index is -4.51. The van der Waals surface area contributed by atoms with E-state index in [0.29, 0.717) is 6.08 Å². The lowest BCUT2D eigenvalue weighted by Gasteiger charge is -2.12. The van der Waals surface area contributed by atoms with Gasteiger partial charge in [-0.3, -0.25) is 0 Å². The third-order valence-electron chi connectivity index (χ3n) is 1.75. The van der Waals surface area contributed by atoms with Crippen LogP contribution < -0.4 is 5.32 Å². The summed E-state index contributed by atoms with van der Waals surface area (Å²) in [5.41, 5.74) is -1.08. The van der Waals surface area contributed by atoms with Gasteiger partial charge in [0, 0.05) is 16.7 Å². The van der Waals surface area contributed by atoms with Crippen LogP contribution in [0.3, 0.4) is 0 Å². The molecule has 0 fully saturated rings. The van der Waals surface area contributed by atoms with Gasteiger partial charge in [0.05, 0.1) is 11.3 Å². The normalized spacial score (nSPS) is 11.8. The monoisotopic (exact) mass is 309 g/mol. The van der Waals surface area contributed by atoms with Gasteiger partial charge in [0.25, 0.3) is 0 Å². The standard InChI is InChI=1S/C10H7BrF3NO2/c11-6-1-2-8(15-4-3-9(16)17)7(5-6)10(12,13)14/h1-5,15H,(H,16,17)/b4-3+. The Labute approximate surface area is 103 Å². The predicted molar refractivity (Wildman–Crippen MR) is 59.5 cm³/mol. The number of nitrogens with one attached hydrogen (secondary N) is 1. The maximum Gasteiger partial charge on any atom is 0.418 e. The highest BCUT2D eigenvalue weighted by Gasteiger charge is 2.33. The van der Waals surface area contributed by atoms with Crippen LogP contribution in [0.15, 0.2) is 34.9 Å². The van der Waals surface area contributed by atoms with Crippen LogP contribution in [0.5, 0.6) is 0 Å². The summed E-state index contributed by atoms with van der Waals surface area (Å²) in [5, 5.41) is 10.6. The van der Waals surface area contributed by atoms with E-state index in [-0.39, 0.29) is 10.2 Å². The number of aliphatic carboxylic acids is 1. The lowest BCUT2D eigenvalue weighted by molar-refractivity contribution is -0.137. The first-order valence-corrected chi connectivity index (χ1v) is 5.13. The van der Waals surface area contributed by atoms with Crippen molar-refractivity contribution in [3.63, 3.8) is 0 Å². The molecule has 0 aliphatic carbocycles. The van der Waals surface area contributed by atoms with Crippen molar-refractivity contribution >= 4 is 27.6 Å². The molecule has 0 atom stereocenters. The average Bonchev–Trinajstić information content (AvgIpc) is 2.18. The van der Waals surface area contributed by atoms with Gasteiger partial charge in [0.15, 0.2) is 0 Å². The van der Waals surface area contributed by atoms with Crippen molar-refractivity contribution in [2.45, 2.75) is 6.18 Å². The fourth-order valence-electron chi connectivity index (χ4n) is 1.08. The number of carboxylic acids is 1. The number of hydrogen-bond donors (Lipinski definition) is 2. The molecule has 17 heavy (non-hydrogen) atoms. The van der Waals surface area contributed by atoms with E-state index >= 15 is 0 Å². The van der Waals surface area contributed by atoms with Gasteiger partial charge in [-0.25, -0.2) is 4.79 Å². The molecule has 1 rings (SSSR count). The molecule has 92 valence electrons. The molecule has 0 saturated carbocycles. The lowest BCUT2D eigenvalue weighted by atomic mass is 10.1. The largest absolute Gasteiger partial charge is 0.478 e. The van der Waals surface area contributed by atoms with Crippen LogP contribution in [-0.2, 0) is 11.0 Å². The maximum absolute atomic E-state index is 12.6. The molecule has 0 amide bonds. The fraction of sp³-hybridized carbons (Fsp3) is 0.100. The Morgan fingerprint density at radius 2 is 2.06 bits per heavy atom. The summed E-state index contributed by atoms with van der Waals surface area (Å²) in [7, 11) is 0. The Balaban J connectivity index is 3.03. The van der Waals surface area contributed by atoms with Crippen molar-refractivity contribution in [3.05, 3.63) is 40.5 Å². The zero-order valence-electron chi connectivity index (χ0n) is 8.25. The summed E-state index contributed by atoms with van der Waals surface area (Å²) in [5.74, 6) is -1.25. The molecular formula is C10H7BrF3NO2. The van der Waals surface area contributed by atoms with Crippen LogP contribution in [0, 0.1) is 0 Å². The van der Waals surface area contributed by atoms with E-state index in [1.54, 1.807) is 0 Å². The smallest absolute Gasteiger partial charge is 0.418 e. The number of halogens is 4. The van der Waals surface area contributed by atoms with Gasteiger partial charge in [0.2, 0.25) is 0 Å². The first kappa shape index (κ1) is 13.6. The van der Waals surface area contributed by atoms with Crippen molar-refractivity contribution < 1.29 is 23.1 Å². The first-order chi connectivity index (χ1) is 7.80. The minimum absolute atomic E-state index is 0.210. The second-order valence-electron chi connectivity index (χ2n) is 3.00. The topological polar surface area (TPSA) is 49.3 Å². The SMILES string of the molecule is O=C(O)/C=C/Nc1ccc(Br)cc1C(F)(F)F. The van der Waals surface area contributed by atoms with E-state index in [1.807, 2.05) is 0 Å². The summed E-state index contributed by atoms with van der Waals surface area (Å²) in [4.78, 5) is 10.2. The lowest BCUT2D eigenvalue weighted by Crippen LogP contribution is -2.08. The van der Waals surface area contributed by atoms with E-state index in [4.69, 9.17) is 5.11 Å². The summed E-state index contributed by atoms with van der Waals surface area (Å²) < 4.78 is 38.1. The van der Waals surface area contributed by atoms with Crippen molar-refractivity contribution in [3.8, 4) is 0 Å². The van der Waals surface area contributed by atoms with Crippen LogP contribution in [0.1, 0.15) is 5.56 Å². The number of anilines is 1. The zero-order valence-corrected chi connectivity index (χ0v) is 9.84. The molecule has 0 spiro atoms. The number of hydrogen-bond acceptors (Lipinski definition) is 2. The van der Waals surface area contributed by atoms with Gasteiger partial charge >= 0.3 is 12.1 Å². The second kappa shape index (κ2) is 5.22. The molecule has 0 unspecified atom stereocenters. The molecule has 0 saturated heterocycles. The molecule has 0 bridgehead atoms. The molecule has 7 heteroatoms. The van der Waals surface area contributed by atoms with Crippen molar-refractivity contribution in [1.29, 1.82) is 0 Å². The van der Waals surface area contributed by atoms with Crippen LogP contribution in [0.25, 0.3) is 0 Å². The average molecular weight is 310 g/mol. The van der Waals surface area contributed by atoms with Crippen molar-refractivity contribution in [2.24, 2.45) is 0 Å². The molecule has 0 radical (unpaired) electrons. The molecule has 0 aromatic heterocycles. The van der Waals surface area contributed by atoms with E-state index in [0.717, 1.165) is 12.3 Å². The summed E-state index contributed by atoms with van der Waals surface area (Å²) in [6.45, 7) is 0. The molecule has 0 heterocycles. The summed E-state index contributed by atoms with van der Waals surface area (Å²) >= 11 is 2.94. The van der Waals surface area contributed by atoms with E-state index in [9.17, 15) is 18.0 Å². The quantitative estimate of drug-likeness (QED) is 0.840. The Bertz CT molecular complexity index is 457. The number of benzene rings is 1. The van der Waals surface area contributed by atoms with Gasteiger partial charge in [-0.15, -0.1) is 0 Å². The van der Waals surface area contributed by atoms with E-state index in [2.05, 4.69) is 21.2 Å². The fourth-order valence-corrected chi connectivity index (χ4v) is 1.44. The molecule has 0 aliphatic heterocycles. The Morgan fingerprint density at radius 3 is 2.59 bits per heavy atom. The first-order valence-electron chi connectivity index (χ1n) is 4.33. The van der Waals surface area contributed by atoms with Crippen molar-refractivity contribution in [2.75, 3.05) is 5.32 Å². The number of rotatable bonds is 3. The highest BCUT2D eigenvalue weighted by Crippen LogP contribution is 2.36. The molecule has 3 nitrogen and oxygen atoms in total. The Kier molecular flexibility index (Phi) is 4.17. The molecule has 1 aromatic carbocycles. The number of carbonyl (C=O) groups is 1. The highest BCUT2D eigenvalue weighted by atomic mass is 79.9. The summed E-state index contributed by atoms with van der Waals surface area (Å²) in [6.07, 6.45) is -2.87. The third kappa shape index (κ3) is 4.10. The van der Waals surface area contributed by atoms with Crippen LogP contribution in [0.2, 0.25) is 0 Å². The van der Waals surface area contributed by atoms with Gasteiger partial charge in [-0.2, -0.15) is 13.2 Å². The predicted octanol–water partition coefficient (Wildman–Crippen LogP) is 3.48. The van der Waals surface area contributed by atoms with E-state index < -0.39 is 17.7 Å². The third-order valence-corrected chi connectivity index (χ3v) is 2.25. The number of alkyl halides is 3. The minimum Gasteiger partial charge on any atom is -0.478 e. The Morgan fingerprint density at radius 1 is 1.41 bits per heavy atom. The molecule has 2 N–H and O–H groups in total. The van der Waals surface area contributed by atoms with Crippen LogP contribution in [0.4, 0.5) is 18.9 Å². The van der Waals surface area contributed by atoms with Gasteiger partial charge in [-0.05, 0) is 18.2 Å². The molecule has 0 aliphatic rings. The zero-order chi connectivity index (χ0) is 13.1.